The van der Waals surface area contributed by atoms with Crippen molar-refractivity contribution in [2.24, 2.45) is 0 Å². The molecule has 1 aliphatic carbocycles. The van der Waals surface area contributed by atoms with Crippen LogP contribution in [0.3, 0.4) is 0 Å². The van der Waals surface area contributed by atoms with Crippen molar-refractivity contribution in [1.29, 1.82) is 0 Å². The summed E-state index contributed by atoms with van der Waals surface area (Å²) in [6.07, 6.45) is 12.7. The summed E-state index contributed by atoms with van der Waals surface area (Å²) in [7, 11) is 0. The molecule has 114 valence electrons. The van der Waals surface area contributed by atoms with E-state index in [1.54, 1.807) is 0 Å². The lowest BCUT2D eigenvalue weighted by Crippen LogP contribution is -2.03. The average Bonchev–Trinajstić information content (AvgIpc) is 2.50. The van der Waals surface area contributed by atoms with E-state index in [1.807, 2.05) is 12.4 Å². The fraction of sp³-hybridized carbons (Fsp3) is 0.333. The van der Waals surface area contributed by atoms with Gasteiger partial charge in [0.2, 0.25) is 0 Å². The van der Waals surface area contributed by atoms with Crippen molar-refractivity contribution in [2.45, 2.75) is 38.0 Å². The van der Waals surface area contributed by atoms with Gasteiger partial charge >= 0.3 is 0 Å². The summed E-state index contributed by atoms with van der Waals surface area (Å²) in [4.78, 5) is 8.73. The summed E-state index contributed by atoms with van der Waals surface area (Å²) in [5, 5.41) is 0. The number of nitrogens with zero attached hydrogens (tertiary/aromatic N) is 2. The van der Waals surface area contributed by atoms with Crippen LogP contribution in [-0.2, 0) is 0 Å². The zero-order valence-corrected chi connectivity index (χ0v) is 16.6. The minimum Gasteiger partial charge on any atom is -0.231 e. The standard InChI is InChI=1S/C18H18I2N2/c19-17-8-6-13(7-9-17)14-4-2-1-3-5-15(10-14)16-11-21-18(20)22-12-16/h6-12,15H,1-5H2/b14-10+. The second-order valence-corrected chi connectivity index (χ2v) is 7.90. The summed E-state index contributed by atoms with van der Waals surface area (Å²) >= 11 is 4.52. The smallest absolute Gasteiger partial charge is 0.190 e. The van der Waals surface area contributed by atoms with Crippen molar-refractivity contribution >= 4 is 50.8 Å². The minimum absolute atomic E-state index is 0.437. The normalized spacial score (nSPS) is 21.5. The molecule has 0 saturated carbocycles. The van der Waals surface area contributed by atoms with Crippen LogP contribution in [0.25, 0.3) is 5.57 Å². The third kappa shape index (κ3) is 4.28. The van der Waals surface area contributed by atoms with Crippen molar-refractivity contribution < 1.29 is 0 Å². The van der Waals surface area contributed by atoms with Gasteiger partial charge in [0.05, 0.1) is 0 Å². The Morgan fingerprint density at radius 1 is 0.909 bits per heavy atom. The molecule has 0 radical (unpaired) electrons. The molecule has 0 saturated heterocycles. The van der Waals surface area contributed by atoms with Gasteiger partial charge in [-0.1, -0.05) is 31.1 Å². The molecular formula is C18H18I2N2. The fourth-order valence-electron chi connectivity index (χ4n) is 2.95. The quantitative estimate of drug-likeness (QED) is 0.372. The van der Waals surface area contributed by atoms with Crippen LogP contribution < -0.4 is 0 Å². The Labute approximate surface area is 159 Å². The number of hydrogen-bond acceptors (Lipinski definition) is 2. The Morgan fingerprint density at radius 2 is 1.64 bits per heavy atom. The maximum atomic E-state index is 4.36. The molecule has 1 unspecified atom stereocenters. The van der Waals surface area contributed by atoms with Crippen molar-refractivity contribution in [1.82, 2.24) is 9.97 Å². The van der Waals surface area contributed by atoms with Gasteiger partial charge in [-0.25, -0.2) is 9.97 Å². The molecule has 3 rings (SSSR count). The van der Waals surface area contributed by atoms with Gasteiger partial charge in [-0.15, -0.1) is 0 Å². The molecule has 0 aliphatic heterocycles. The van der Waals surface area contributed by atoms with Gasteiger partial charge in [-0.3, -0.25) is 0 Å². The van der Waals surface area contributed by atoms with E-state index in [4.69, 9.17) is 0 Å². The van der Waals surface area contributed by atoms with Gasteiger partial charge in [-0.2, -0.15) is 0 Å². The highest BCUT2D eigenvalue weighted by molar-refractivity contribution is 14.1. The van der Waals surface area contributed by atoms with E-state index in [9.17, 15) is 0 Å². The minimum atomic E-state index is 0.437. The Hall–Kier alpha value is -0.500. The molecule has 1 aromatic heterocycles. The highest BCUT2D eigenvalue weighted by Crippen LogP contribution is 2.33. The molecule has 4 heteroatoms. The molecule has 1 aromatic carbocycles. The molecule has 0 amide bonds. The Kier molecular flexibility index (Phi) is 5.84. The summed E-state index contributed by atoms with van der Waals surface area (Å²) in [6, 6.07) is 8.88. The largest absolute Gasteiger partial charge is 0.231 e. The Morgan fingerprint density at radius 3 is 2.36 bits per heavy atom. The van der Waals surface area contributed by atoms with E-state index in [1.165, 1.54) is 52.4 Å². The third-order valence-electron chi connectivity index (χ3n) is 4.15. The number of hydrogen-bond donors (Lipinski definition) is 0. The van der Waals surface area contributed by atoms with Crippen LogP contribution in [0.1, 0.15) is 49.1 Å². The molecule has 2 nitrogen and oxygen atoms in total. The molecule has 1 aliphatic rings. The average molecular weight is 516 g/mol. The van der Waals surface area contributed by atoms with Crippen LogP contribution in [0.5, 0.6) is 0 Å². The summed E-state index contributed by atoms with van der Waals surface area (Å²) in [5.41, 5.74) is 4.07. The van der Waals surface area contributed by atoms with Gasteiger partial charge in [0.25, 0.3) is 0 Å². The van der Waals surface area contributed by atoms with E-state index < -0.39 is 0 Å². The van der Waals surface area contributed by atoms with Crippen LogP contribution in [0, 0.1) is 7.40 Å². The number of benzene rings is 1. The number of halogens is 2. The molecule has 0 bridgehead atoms. The van der Waals surface area contributed by atoms with E-state index in [0.717, 1.165) is 3.83 Å². The molecule has 1 heterocycles. The van der Waals surface area contributed by atoms with Crippen LogP contribution in [0.15, 0.2) is 42.7 Å². The van der Waals surface area contributed by atoms with Crippen LogP contribution >= 0.6 is 45.2 Å². The van der Waals surface area contributed by atoms with E-state index in [-0.39, 0.29) is 0 Å². The maximum Gasteiger partial charge on any atom is 0.190 e. The van der Waals surface area contributed by atoms with E-state index in [0.29, 0.717) is 5.92 Å². The number of rotatable bonds is 2. The van der Waals surface area contributed by atoms with Crippen molar-refractivity contribution in [3.8, 4) is 0 Å². The van der Waals surface area contributed by atoms with Gasteiger partial charge in [0.1, 0.15) is 0 Å². The SMILES string of the molecule is Ic1ccc(/C2=C/C(c3cnc(I)nc3)CCCCC2)cc1. The topological polar surface area (TPSA) is 25.8 Å². The zero-order valence-electron chi connectivity index (χ0n) is 12.3. The van der Waals surface area contributed by atoms with Crippen molar-refractivity contribution in [2.75, 3.05) is 0 Å². The molecular weight excluding hydrogens is 498 g/mol. The van der Waals surface area contributed by atoms with Gasteiger partial charge in [-0.05, 0) is 70.7 Å². The first-order valence-electron chi connectivity index (χ1n) is 7.66. The lowest BCUT2D eigenvalue weighted by molar-refractivity contribution is 0.600. The molecule has 0 fully saturated rings. The maximum absolute atomic E-state index is 4.36. The first-order valence-corrected chi connectivity index (χ1v) is 9.82. The lowest BCUT2D eigenvalue weighted by Gasteiger charge is -2.19. The zero-order chi connectivity index (χ0) is 15.4. The molecule has 2 aromatic rings. The van der Waals surface area contributed by atoms with E-state index >= 15 is 0 Å². The van der Waals surface area contributed by atoms with Crippen LogP contribution in [0.2, 0.25) is 0 Å². The van der Waals surface area contributed by atoms with Gasteiger partial charge in [0.15, 0.2) is 3.83 Å². The first-order chi connectivity index (χ1) is 10.7. The Bertz CT molecular complexity index is 648. The predicted octanol–water partition coefficient (Wildman–Crippen LogP) is 5.82. The number of aromatic nitrogens is 2. The highest BCUT2D eigenvalue weighted by atomic mass is 127. The second kappa shape index (κ2) is 7.86. The molecule has 22 heavy (non-hydrogen) atoms. The third-order valence-corrected chi connectivity index (χ3v) is 5.42. The number of allylic oxidation sites excluding steroid dienone is 2. The van der Waals surface area contributed by atoms with Crippen molar-refractivity contribution in [3.63, 3.8) is 0 Å². The van der Waals surface area contributed by atoms with Crippen LogP contribution in [-0.4, -0.2) is 9.97 Å². The lowest BCUT2D eigenvalue weighted by atomic mass is 9.86. The van der Waals surface area contributed by atoms with Crippen LogP contribution in [0.4, 0.5) is 0 Å². The summed E-state index contributed by atoms with van der Waals surface area (Å²) in [6.45, 7) is 0. The highest BCUT2D eigenvalue weighted by Gasteiger charge is 2.15. The van der Waals surface area contributed by atoms with Gasteiger partial charge in [0, 0.05) is 44.5 Å². The molecule has 1 atom stereocenters. The summed E-state index contributed by atoms with van der Waals surface area (Å²) in [5.74, 6) is 0.437. The molecule has 0 spiro atoms. The fourth-order valence-corrected chi connectivity index (χ4v) is 3.59. The van der Waals surface area contributed by atoms with Crippen molar-refractivity contribution in [3.05, 3.63) is 61.3 Å². The summed E-state index contributed by atoms with van der Waals surface area (Å²) < 4.78 is 2.10. The predicted molar refractivity (Wildman–Crippen MR) is 108 cm³/mol. The first kappa shape index (κ1) is 16.4. The second-order valence-electron chi connectivity index (χ2n) is 5.69. The monoisotopic (exact) mass is 516 g/mol. The van der Waals surface area contributed by atoms with E-state index in [2.05, 4.69) is 85.5 Å². The van der Waals surface area contributed by atoms with Gasteiger partial charge < -0.3 is 0 Å². The Balaban J connectivity index is 1.93. The molecule has 0 N–H and O–H groups in total.